The van der Waals surface area contributed by atoms with E-state index in [1.807, 2.05) is 0 Å². The zero-order chi connectivity index (χ0) is 21.8. The van der Waals surface area contributed by atoms with E-state index in [1.54, 1.807) is 18.2 Å². The molecule has 2 saturated heterocycles. The first-order chi connectivity index (χ1) is 15.1. The number of nitrogens with zero attached hydrogens (tertiary/aromatic N) is 1. The van der Waals surface area contributed by atoms with Crippen LogP contribution in [0.3, 0.4) is 0 Å². The fourth-order valence-electron chi connectivity index (χ4n) is 4.44. The summed E-state index contributed by atoms with van der Waals surface area (Å²) in [4.78, 5) is 50.4. The average molecular weight is 428 g/mol. The van der Waals surface area contributed by atoms with Gasteiger partial charge in [0.15, 0.2) is 0 Å². The minimum Gasteiger partial charge on any atom is -0.382 e. The van der Waals surface area contributed by atoms with Gasteiger partial charge < -0.3 is 15.4 Å². The van der Waals surface area contributed by atoms with Crippen LogP contribution < -0.4 is 16.0 Å². The van der Waals surface area contributed by atoms with E-state index in [2.05, 4.69) is 16.0 Å². The summed E-state index contributed by atoms with van der Waals surface area (Å²) in [6, 6.07) is 4.07. The molecule has 9 nitrogen and oxygen atoms in total. The minimum atomic E-state index is -0.962. The van der Waals surface area contributed by atoms with Gasteiger partial charge in [-0.1, -0.05) is 6.07 Å². The fourth-order valence-corrected chi connectivity index (χ4v) is 4.44. The van der Waals surface area contributed by atoms with Crippen molar-refractivity contribution in [3.05, 3.63) is 29.3 Å². The largest absolute Gasteiger partial charge is 0.382 e. The van der Waals surface area contributed by atoms with E-state index in [9.17, 15) is 19.2 Å². The number of piperidine rings is 2. The maximum atomic E-state index is 13.0. The summed E-state index contributed by atoms with van der Waals surface area (Å²) in [7, 11) is 0. The van der Waals surface area contributed by atoms with Gasteiger partial charge in [-0.15, -0.1) is 0 Å². The lowest BCUT2D eigenvalue weighted by molar-refractivity contribution is -0.136. The summed E-state index contributed by atoms with van der Waals surface area (Å²) in [5.41, 5.74) is 1.09. The number of fused-ring (bicyclic) bond motifs is 1. The van der Waals surface area contributed by atoms with E-state index in [1.165, 1.54) is 12.8 Å². The van der Waals surface area contributed by atoms with Gasteiger partial charge in [0.25, 0.3) is 11.8 Å². The van der Waals surface area contributed by atoms with Crippen LogP contribution in [0, 0.1) is 5.92 Å². The van der Waals surface area contributed by atoms with Crippen molar-refractivity contribution in [2.45, 2.75) is 38.1 Å². The molecule has 3 aliphatic heterocycles. The van der Waals surface area contributed by atoms with Crippen LogP contribution in [0.25, 0.3) is 0 Å². The van der Waals surface area contributed by atoms with Crippen molar-refractivity contribution in [1.82, 2.24) is 15.5 Å². The van der Waals surface area contributed by atoms with Crippen molar-refractivity contribution >= 4 is 29.3 Å². The van der Waals surface area contributed by atoms with Crippen molar-refractivity contribution in [1.29, 1.82) is 0 Å². The van der Waals surface area contributed by atoms with E-state index in [0.29, 0.717) is 31.4 Å². The van der Waals surface area contributed by atoms with Crippen molar-refractivity contribution in [2.24, 2.45) is 5.92 Å². The number of anilines is 1. The molecule has 4 amide bonds. The highest BCUT2D eigenvalue weighted by atomic mass is 16.5. The van der Waals surface area contributed by atoms with Gasteiger partial charge in [-0.25, -0.2) is 0 Å². The summed E-state index contributed by atoms with van der Waals surface area (Å²) in [6.45, 7) is 3.86. The molecule has 166 valence electrons. The van der Waals surface area contributed by atoms with Crippen LogP contribution in [-0.4, -0.2) is 67.4 Å². The maximum absolute atomic E-state index is 13.0. The normalized spacial score (nSPS) is 21.9. The van der Waals surface area contributed by atoms with Gasteiger partial charge in [0.1, 0.15) is 6.04 Å². The first-order valence-corrected chi connectivity index (χ1v) is 10.9. The molecule has 0 aromatic heterocycles. The summed E-state index contributed by atoms with van der Waals surface area (Å²) in [5, 5.41) is 8.75. The highest BCUT2D eigenvalue weighted by Crippen LogP contribution is 2.32. The third kappa shape index (κ3) is 4.62. The molecule has 3 heterocycles. The van der Waals surface area contributed by atoms with E-state index < -0.39 is 23.8 Å². The zero-order valence-corrected chi connectivity index (χ0v) is 17.4. The number of carbonyl (C=O) groups is 4. The lowest BCUT2D eigenvalue weighted by atomic mass is 9.95. The summed E-state index contributed by atoms with van der Waals surface area (Å²) >= 11 is 0. The number of imide groups is 2. The third-order valence-corrected chi connectivity index (χ3v) is 6.16. The Morgan fingerprint density at radius 3 is 2.61 bits per heavy atom. The van der Waals surface area contributed by atoms with Crippen molar-refractivity contribution in [3.8, 4) is 0 Å². The molecule has 4 rings (SSSR count). The Kier molecular flexibility index (Phi) is 6.62. The Labute approximate surface area is 180 Å². The van der Waals surface area contributed by atoms with Crippen LogP contribution in [-0.2, 0) is 14.3 Å². The van der Waals surface area contributed by atoms with Gasteiger partial charge in [0, 0.05) is 25.3 Å². The smallest absolute Gasteiger partial charge is 0.264 e. The fraction of sp³-hybridized carbons (Fsp3) is 0.545. The highest BCUT2D eigenvalue weighted by molar-refractivity contribution is 6.25. The number of carbonyl (C=O) groups excluding carboxylic acids is 4. The quantitative estimate of drug-likeness (QED) is 0.416. The number of rotatable bonds is 8. The number of ether oxygens (including phenoxy) is 1. The van der Waals surface area contributed by atoms with Crippen molar-refractivity contribution < 1.29 is 23.9 Å². The number of amides is 4. The Morgan fingerprint density at radius 2 is 1.84 bits per heavy atom. The molecule has 0 bridgehead atoms. The standard InChI is InChI=1S/C22H28N4O5/c27-18-5-4-17(20(28)25-18)26-21(29)15-2-1-3-16(19(15)22(26)30)24-11-13-31-12-8-14-6-9-23-10-7-14/h1-3,14,17,23-24H,4-13H2,(H,25,27,28). The van der Waals surface area contributed by atoms with Gasteiger partial charge in [0.05, 0.1) is 17.7 Å². The van der Waals surface area contributed by atoms with Crippen LogP contribution in [0.4, 0.5) is 5.69 Å². The van der Waals surface area contributed by atoms with Gasteiger partial charge in [-0.3, -0.25) is 29.4 Å². The second-order valence-electron chi connectivity index (χ2n) is 8.20. The van der Waals surface area contributed by atoms with Crippen LogP contribution in [0.2, 0.25) is 0 Å². The van der Waals surface area contributed by atoms with E-state index in [0.717, 1.165) is 24.4 Å². The Hall–Kier alpha value is -2.78. The molecule has 1 atom stereocenters. The molecule has 1 aromatic carbocycles. The van der Waals surface area contributed by atoms with E-state index in [-0.39, 0.29) is 29.9 Å². The average Bonchev–Trinajstić information content (AvgIpc) is 3.02. The SMILES string of the molecule is O=C1CCC(N2C(=O)c3cccc(NCCOCCC4CCNCC4)c3C2=O)C(=O)N1. The van der Waals surface area contributed by atoms with Crippen molar-refractivity contribution in [2.75, 3.05) is 38.2 Å². The molecule has 31 heavy (non-hydrogen) atoms. The molecule has 0 aliphatic carbocycles. The summed E-state index contributed by atoms with van der Waals surface area (Å²) in [6.07, 6.45) is 3.68. The molecular weight excluding hydrogens is 400 g/mol. The van der Waals surface area contributed by atoms with Crippen LogP contribution >= 0.6 is 0 Å². The molecule has 0 saturated carbocycles. The van der Waals surface area contributed by atoms with Crippen LogP contribution in [0.5, 0.6) is 0 Å². The number of benzene rings is 1. The number of nitrogens with one attached hydrogen (secondary N) is 3. The molecule has 2 fully saturated rings. The molecule has 3 aliphatic rings. The molecule has 9 heteroatoms. The van der Waals surface area contributed by atoms with Gasteiger partial charge in [-0.05, 0) is 56.8 Å². The molecular formula is C22H28N4O5. The Morgan fingerprint density at radius 1 is 1.03 bits per heavy atom. The number of hydrogen-bond donors (Lipinski definition) is 3. The maximum Gasteiger partial charge on any atom is 0.264 e. The van der Waals surface area contributed by atoms with E-state index >= 15 is 0 Å². The predicted molar refractivity (Wildman–Crippen MR) is 113 cm³/mol. The number of hydrogen-bond acceptors (Lipinski definition) is 7. The van der Waals surface area contributed by atoms with Crippen LogP contribution in [0.15, 0.2) is 18.2 Å². The molecule has 0 spiro atoms. The third-order valence-electron chi connectivity index (χ3n) is 6.16. The molecule has 1 aromatic rings. The zero-order valence-electron chi connectivity index (χ0n) is 17.4. The highest BCUT2D eigenvalue weighted by Gasteiger charge is 2.45. The molecule has 0 radical (unpaired) electrons. The molecule has 3 N–H and O–H groups in total. The van der Waals surface area contributed by atoms with Crippen molar-refractivity contribution in [3.63, 3.8) is 0 Å². The molecule has 1 unspecified atom stereocenters. The Bertz CT molecular complexity index is 881. The first-order valence-electron chi connectivity index (χ1n) is 10.9. The lowest BCUT2D eigenvalue weighted by Gasteiger charge is -2.27. The predicted octanol–water partition coefficient (Wildman–Crippen LogP) is 0.906. The second-order valence-corrected chi connectivity index (χ2v) is 8.20. The van der Waals surface area contributed by atoms with Crippen LogP contribution in [0.1, 0.15) is 52.8 Å². The topological polar surface area (TPSA) is 117 Å². The van der Waals surface area contributed by atoms with E-state index in [4.69, 9.17) is 4.74 Å². The first kappa shape index (κ1) is 21.5. The van der Waals surface area contributed by atoms with Gasteiger partial charge >= 0.3 is 0 Å². The summed E-state index contributed by atoms with van der Waals surface area (Å²) in [5.74, 6) is -1.29. The minimum absolute atomic E-state index is 0.101. The monoisotopic (exact) mass is 428 g/mol. The van der Waals surface area contributed by atoms with Gasteiger partial charge in [0.2, 0.25) is 11.8 Å². The summed E-state index contributed by atoms with van der Waals surface area (Å²) < 4.78 is 5.74. The Balaban J connectivity index is 1.33. The van der Waals surface area contributed by atoms with Gasteiger partial charge in [-0.2, -0.15) is 0 Å². The second kappa shape index (κ2) is 9.57. The lowest BCUT2D eigenvalue weighted by Crippen LogP contribution is -2.54.